The minimum Gasteiger partial charge on any atom is -0.497 e. The Balaban J connectivity index is 2.20. The summed E-state index contributed by atoms with van der Waals surface area (Å²) in [6, 6.07) is 7.10. The number of nitrogens with one attached hydrogen (secondary N) is 1. The van der Waals surface area contributed by atoms with Crippen LogP contribution in [-0.2, 0) is 13.0 Å². The number of hydrogen-bond donors (Lipinski definition) is 2. The number of aromatic amines is 1. The van der Waals surface area contributed by atoms with Crippen LogP contribution in [-0.4, -0.2) is 21.8 Å². The third-order valence-electron chi connectivity index (χ3n) is 2.90. The second-order valence-electron chi connectivity index (χ2n) is 4.15. The second-order valence-corrected chi connectivity index (χ2v) is 4.15. The fourth-order valence-corrected chi connectivity index (χ4v) is 1.78. The van der Waals surface area contributed by atoms with E-state index in [4.69, 9.17) is 4.74 Å². The molecule has 1 heterocycles. The van der Waals surface area contributed by atoms with Crippen molar-refractivity contribution in [1.29, 1.82) is 0 Å². The summed E-state index contributed by atoms with van der Waals surface area (Å²) < 4.78 is 19.0. The minimum absolute atomic E-state index is 0.0463. The molecule has 0 aliphatic heterocycles. The van der Waals surface area contributed by atoms with E-state index in [1.165, 1.54) is 0 Å². The first-order valence-electron chi connectivity index (χ1n) is 5.87. The van der Waals surface area contributed by atoms with Gasteiger partial charge < -0.3 is 9.84 Å². The quantitative estimate of drug-likeness (QED) is 0.860. The van der Waals surface area contributed by atoms with Gasteiger partial charge in [-0.15, -0.1) is 0 Å². The third kappa shape index (κ3) is 2.71. The Hall–Kier alpha value is -2.57. The molecule has 106 valence electrons. The molecule has 0 aliphatic rings. The Bertz CT molecular complexity index is 719. The van der Waals surface area contributed by atoms with Crippen LogP contribution in [0.3, 0.4) is 0 Å². The van der Waals surface area contributed by atoms with Gasteiger partial charge in [0.2, 0.25) is 11.7 Å². The van der Waals surface area contributed by atoms with Crippen LogP contribution in [0.4, 0.5) is 4.39 Å². The summed E-state index contributed by atoms with van der Waals surface area (Å²) in [4.78, 5) is 24.2. The maximum atomic E-state index is 13.2. The molecule has 20 heavy (non-hydrogen) atoms. The molecular formula is C13H13FN2O4. The number of benzene rings is 1. The molecule has 0 spiro atoms. The van der Waals surface area contributed by atoms with E-state index < -0.39 is 22.9 Å². The molecule has 1 aromatic heterocycles. The molecular weight excluding hydrogens is 267 g/mol. The van der Waals surface area contributed by atoms with E-state index in [9.17, 15) is 19.1 Å². The SMILES string of the molecule is COc1ccc(CCn2c(O)c(F)c(=O)[nH]c2=O)cc1. The molecule has 2 rings (SSSR count). The molecule has 2 N–H and O–H groups in total. The Morgan fingerprint density at radius 2 is 1.95 bits per heavy atom. The maximum Gasteiger partial charge on any atom is 0.331 e. The molecule has 0 aliphatic carbocycles. The Morgan fingerprint density at radius 1 is 1.30 bits per heavy atom. The fraction of sp³-hybridized carbons (Fsp3) is 0.231. The lowest BCUT2D eigenvalue weighted by atomic mass is 10.1. The van der Waals surface area contributed by atoms with E-state index in [0.29, 0.717) is 12.2 Å². The molecule has 7 heteroatoms. The molecule has 0 amide bonds. The summed E-state index contributed by atoms with van der Waals surface area (Å²) in [6.45, 7) is 0.0463. The van der Waals surface area contributed by atoms with Gasteiger partial charge in [-0.25, -0.2) is 4.79 Å². The van der Waals surface area contributed by atoms with Crippen molar-refractivity contribution in [2.75, 3.05) is 7.11 Å². The number of nitrogens with zero attached hydrogens (tertiary/aromatic N) is 1. The highest BCUT2D eigenvalue weighted by atomic mass is 19.1. The highest BCUT2D eigenvalue weighted by Gasteiger charge is 2.13. The van der Waals surface area contributed by atoms with Crippen LogP contribution in [0.25, 0.3) is 0 Å². The number of ether oxygens (including phenoxy) is 1. The van der Waals surface area contributed by atoms with Crippen LogP contribution in [0, 0.1) is 5.82 Å². The van der Waals surface area contributed by atoms with Gasteiger partial charge in [0.25, 0.3) is 5.56 Å². The Morgan fingerprint density at radius 3 is 2.55 bits per heavy atom. The predicted molar refractivity (Wildman–Crippen MR) is 69.6 cm³/mol. The highest BCUT2D eigenvalue weighted by molar-refractivity contribution is 5.27. The zero-order chi connectivity index (χ0) is 14.7. The van der Waals surface area contributed by atoms with Gasteiger partial charge in [0.05, 0.1) is 7.11 Å². The number of H-pyrrole nitrogens is 1. The number of aromatic hydroxyl groups is 1. The molecule has 0 fully saturated rings. The Kier molecular flexibility index (Phi) is 3.88. The lowest BCUT2D eigenvalue weighted by Crippen LogP contribution is -2.32. The summed E-state index contributed by atoms with van der Waals surface area (Å²) >= 11 is 0. The number of halogens is 1. The number of hydrogen-bond acceptors (Lipinski definition) is 4. The number of methoxy groups -OCH3 is 1. The van der Waals surface area contributed by atoms with Gasteiger partial charge in [0.1, 0.15) is 5.75 Å². The van der Waals surface area contributed by atoms with E-state index in [0.717, 1.165) is 10.1 Å². The highest BCUT2D eigenvalue weighted by Crippen LogP contribution is 2.13. The van der Waals surface area contributed by atoms with E-state index in [1.54, 1.807) is 36.4 Å². The lowest BCUT2D eigenvalue weighted by Gasteiger charge is -2.08. The molecule has 1 aromatic carbocycles. The van der Waals surface area contributed by atoms with Crippen molar-refractivity contribution in [2.45, 2.75) is 13.0 Å². The van der Waals surface area contributed by atoms with Crippen LogP contribution in [0.1, 0.15) is 5.56 Å². The molecule has 0 saturated heterocycles. The van der Waals surface area contributed by atoms with Crippen molar-refractivity contribution in [2.24, 2.45) is 0 Å². The monoisotopic (exact) mass is 280 g/mol. The fourth-order valence-electron chi connectivity index (χ4n) is 1.78. The van der Waals surface area contributed by atoms with Crippen molar-refractivity contribution in [3.63, 3.8) is 0 Å². The molecule has 2 aromatic rings. The first-order chi connectivity index (χ1) is 9.52. The van der Waals surface area contributed by atoms with Crippen LogP contribution >= 0.6 is 0 Å². The average molecular weight is 280 g/mol. The van der Waals surface area contributed by atoms with Crippen molar-refractivity contribution in [3.05, 3.63) is 56.5 Å². The minimum atomic E-state index is -1.36. The number of rotatable bonds is 4. The van der Waals surface area contributed by atoms with Gasteiger partial charge in [0.15, 0.2) is 0 Å². The van der Waals surface area contributed by atoms with Crippen molar-refractivity contribution in [3.8, 4) is 11.6 Å². The average Bonchev–Trinajstić information content (AvgIpc) is 2.45. The van der Waals surface area contributed by atoms with E-state index in [2.05, 4.69) is 0 Å². The van der Waals surface area contributed by atoms with Gasteiger partial charge in [-0.2, -0.15) is 4.39 Å². The zero-order valence-corrected chi connectivity index (χ0v) is 10.7. The summed E-state index contributed by atoms with van der Waals surface area (Å²) in [5.74, 6) is -1.62. The molecule has 0 saturated carbocycles. The van der Waals surface area contributed by atoms with E-state index >= 15 is 0 Å². The van der Waals surface area contributed by atoms with Crippen LogP contribution < -0.4 is 16.0 Å². The largest absolute Gasteiger partial charge is 0.497 e. The van der Waals surface area contributed by atoms with Gasteiger partial charge >= 0.3 is 5.69 Å². The Labute approximate surface area is 113 Å². The van der Waals surface area contributed by atoms with Crippen LogP contribution in [0.15, 0.2) is 33.9 Å². The summed E-state index contributed by atoms with van der Waals surface area (Å²) in [7, 11) is 1.55. The van der Waals surface area contributed by atoms with Gasteiger partial charge in [-0.1, -0.05) is 12.1 Å². The van der Waals surface area contributed by atoms with Crippen molar-refractivity contribution in [1.82, 2.24) is 9.55 Å². The topological polar surface area (TPSA) is 84.3 Å². The molecule has 0 radical (unpaired) electrons. The van der Waals surface area contributed by atoms with Gasteiger partial charge in [-0.3, -0.25) is 14.3 Å². The molecule has 0 bridgehead atoms. The van der Waals surface area contributed by atoms with Gasteiger partial charge in [0, 0.05) is 6.54 Å². The standard InChI is InChI=1S/C13H13FN2O4/c1-20-9-4-2-8(3-5-9)6-7-16-12(18)10(14)11(17)15-13(16)19/h2-5,18H,6-7H2,1H3,(H,15,17,19). The van der Waals surface area contributed by atoms with E-state index in [-0.39, 0.29) is 6.54 Å². The smallest absolute Gasteiger partial charge is 0.331 e. The van der Waals surface area contributed by atoms with Crippen LogP contribution in [0.5, 0.6) is 11.6 Å². The third-order valence-corrected chi connectivity index (χ3v) is 2.90. The van der Waals surface area contributed by atoms with Crippen LogP contribution in [0.2, 0.25) is 0 Å². The molecule has 6 nitrogen and oxygen atoms in total. The van der Waals surface area contributed by atoms with Crippen molar-refractivity contribution < 1.29 is 14.2 Å². The summed E-state index contributed by atoms with van der Waals surface area (Å²) in [5.41, 5.74) is -1.20. The summed E-state index contributed by atoms with van der Waals surface area (Å²) in [5, 5.41) is 9.47. The maximum absolute atomic E-state index is 13.2. The van der Waals surface area contributed by atoms with Crippen molar-refractivity contribution >= 4 is 0 Å². The normalized spacial score (nSPS) is 10.5. The predicted octanol–water partition coefficient (Wildman–Crippen LogP) is 0.633. The first-order valence-corrected chi connectivity index (χ1v) is 5.87. The second kappa shape index (κ2) is 5.60. The molecule has 0 unspecified atom stereocenters. The zero-order valence-electron chi connectivity index (χ0n) is 10.7. The summed E-state index contributed by atoms with van der Waals surface area (Å²) in [6.07, 6.45) is 0.392. The molecule has 0 atom stereocenters. The van der Waals surface area contributed by atoms with E-state index in [1.807, 2.05) is 0 Å². The van der Waals surface area contributed by atoms with Gasteiger partial charge in [-0.05, 0) is 24.1 Å². The lowest BCUT2D eigenvalue weighted by molar-refractivity contribution is 0.360. The first kappa shape index (κ1) is 13.9. The number of aryl methyl sites for hydroxylation is 1. The number of aromatic nitrogens is 2.